The molecular weight excluding hydrogens is 324 g/mol. The van der Waals surface area contributed by atoms with Crippen LogP contribution in [0.5, 0.6) is 0 Å². The number of nitrogens with zero attached hydrogens (tertiary/aromatic N) is 1. The van der Waals surface area contributed by atoms with Gasteiger partial charge in [-0.15, -0.1) is 0 Å². The van der Waals surface area contributed by atoms with Gasteiger partial charge in [-0.1, -0.05) is 6.08 Å². The number of nitrogens with one attached hydrogen (secondary N) is 1. The third-order valence-electron chi connectivity index (χ3n) is 3.06. The van der Waals surface area contributed by atoms with Crippen LogP contribution in [0.4, 0.5) is 4.79 Å². The molecule has 0 aromatic carbocycles. The van der Waals surface area contributed by atoms with Crippen molar-refractivity contribution in [2.24, 2.45) is 0 Å². The minimum absolute atomic E-state index is 0.0698. The van der Waals surface area contributed by atoms with Crippen molar-refractivity contribution < 1.29 is 14.3 Å². The van der Waals surface area contributed by atoms with Crippen LogP contribution in [0.3, 0.4) is 0 Å². The van der Waals surface area contributed by atoms with E-state index in [0.717, 1.165) is 13.0 Å². The largest absolute Gasteiger partial charge is 0.444 e. The average Bonchev–Trinajstić information content (AvgIpc) is 2.25. The van der Waals surface area contributed by atoms with Gasteiger partial charge in [0.1, 0.15) is 5.60 Å². The molecule has 1 saturated heterocycles. The van der Waals surface area contributed by atoms with E-state index in [1.165, 1.54) is 0 Å². The van der Waals surface area contributed by atoms with Crippen molar-refractivity contribution in [3.8, 4) is 0 Å². The molecule has 0 radical (unpaired) electrons. The van der Waals surface area contributed by atoms with Crippen molar-refractivity contribution >= 4 is 22.0 Å². The zero-order valence-corrected chi connectivity index (χ0v) is 13.6. The topological polar surface area (TPSA) is 50.8 Å². The number of amides is 1. The summed E-state index contributed by atoms with van der Waals surface area (Å²) in [7, 11) is 0. The molecular formula is C14H21BrN2O3. The number of alkyl halides is 1. The third-order valence-corrected chi connectivity index (χ3v) is 3.78. The first-order valence-corrected chi connectivity index (χ1v) is 7.53. The lowest BCUT2D eigenvalue weighted by Crippen LogP contribution is -2.56. The van der Waals surface area contributed by atoms with Gasteiger partial charge in [-0.3, -0.25) is 0 Å². The van der Waals surface area contributed by atoms with Crippen LogP contribution in [-0.4, -0.2) is 40.4 Å². The van der Waals surface area contributed by atoms with Crippen molar-refractivity contribution in [1.29, 1.82) is 0 Å². The zero-order chi connectivity index (χ0) is 14.8. The molecule has 1 fully saturated rings. The van der Waals surface area contributed by atoms with Crippen LogP contribution in [0, 0.1) is 0 Å². The van der Waals surface area contributed by atoms with Gasteiger partial charge in [0.25, 0.3) is 0 Å². The maximum atomic E-state index is 12.0. The third kappa shape index (κ3) is 3.99. The lowest BCUT2D eigenvalue weighted by Gasteiger charge is -2.42. The molecule has 2 atom stereocenters. The van der Waals surface area contributed by atoms with E-state index in [2.05, 4.69) is 21.2 Å². The molecule has 0 spiro atoms. The molecule has 1 N–H and O–H groups in total. The minimum atomic E-state index is -0.684. The van der Waals surface area contributed by atoms with Crippen LogP contribution < -0.4 is 5.32 Å². The summed E-state index contributed by atoms with van der Waals surface area (Å²) in [5.41, 5.74) is -0.465. The first kappa shape index (κ1) is 15.4. The Hall–Kier alpha value is -1.01. The van der Waals surface area contributed by atoms with Gasteiger partial charge in [-0.2, -0.15) is 0 Å². The van der Waals surface area contributed by atoms with Gasteiger partial charge in [0.15, 0.2) is 0 Å². The normalized spacial score (nSPS) is 28.8. The van der Waals surface area contributed by atoms with Gasteiger partial charge in [0, 0.05) is 6.54 Å². The molecule has 0 saturated carbocycles. The summed E-state index contributed by atoms with van der Waals surface area (Å²) in [5, 5.41) is 3.07. The molecule has 1 amide bonds. The Balaban J connectivity index is 1.81. The summed E-state index contributed by atoms with van der Waals surface area (Å²) in [6.07, 6.45) is 8.14. The summed E-state index contributed by atoms with van der Waals surface area (Å²) in [4.78, 5) is 13.7. The molecule has 2 aliphatic rings. The number of hydrogen-bond donors (Lipinski definition) is 1. The summed E-state index contributed by atoms with van der Waals surface area (Å²) >= 11 is 3.48. The second kappa shape index (κ2) is 5.77. The number of hydrogen-bond acceptors (Lipinski definition) is 4. The molecule has 20 heavy (non-hydrogen) atoms. The smallest absolute Gasteiger partial charge is 0.410 e. The lowest BCUT2D eigenvalue weighted by atomic mass is 10.1. The Morgan fingerprint density at radius 3 is 2.75 bits per heavy atom. The van der Waals surface area contributed by atoms with Gasteiger partial charge in [0.05, 0.1) is 12.6 Å². The van der Waals surface area contributed by atoms with Gasteiger partial charge in [0.2, 0.25) is 4.63 Å². The van der Waals surface area contributed by atoms with Crippen LogP contribution in [0.2, 0.25) is 0 Å². The number of likely N-dealkylation sites (tertiary alicyclic amines) is 1. The van der Waals surface area contributed by atoms with Gasteiger partial charge < -0.3 is 19.7 Å². The van der Waals surface area contributed by atoms with E-state index >= 15 is 0 Å². The highest BCUT2D eigenvalue weighted by atomic mass is 79.9. The Bertz CT molecular complexity index is 431. The molecule has 1 unspecified atom stereocenters. The zero-order valence-electron chi connectivity index (χ0n) is 12.1. The van der Waals surface area contributed by atoms with E-state index in [-0.39, 0.29) is 12.1 Å². The van der Waals surface area contributed by atoms with Crippen molar-refractivity contribution in [2.75, 3.05) is 13.2 Å². The average molecular weight is 345 g/mol. The molecule has 0 bridgehead atoms. The molecule has 0 aromatic heterocycles. The van der Waals surface area contributed by atoms with E-state index in [9.17, 15) is 4.79 Å². The molecule has 0 aliphatic carbocycles. The van der Waals surface area contributed by atoms with Crippen LogP contribution in [-0.2, 0) is 9.47 Å². The van der Waals surface area contributed by atoms with E-state index in [4.69, 9.17) is 9.47 Å². The SMILES string of the molecule is CC(C)(C)OC(=O)N1CC[C@@H]1COC1(Br)C=CC=CN1. The lowest BCUT2D eigenvalue weighted by molar-refractivity contribution is -0.0455. The van der Waals surface area contributed by atoms with Crippen LogP contribution in [0.15, 0.2) is 24.4 Å². The number of carbonyl (C=O) groups excluding carboxylic acids is 1. The van der Waals surface area contributed by atoms with Gasteiger partial charge in [-0.25, -0.2) is 4.79 Å². The van der Waals surface area contributed by atoms with Crippen LogP contribution in [0.25, 0.3) is 0 Å². The summed E-state index contributed by atoms with van der Waals surface area (Å²) < 4.78 is 10.5. The van der Waals surface area contributed by atoms with Gasteiger partial charge >= 0.3 is 6.09 Å². The first-order chi connectivity index (χ1) is 9.29. The van der Waals surface area contributed by atoms with Crippen molar-refractivity contribution in [3.63, 3.8) is 0 Å². The molecule has 2 rings (SSSR count). The van der Waals surface area contributed by atoms with E-state index in [1.807, 2.05) is 39.0 Å². The predicted molar refractivity (Wildman–Crippen MR) is 80.4 cm³/mol. The van der Waals surface area contributed by atoms with Crippen LogP contribution >= 0.6 is 15.9 Å². The molecule has 2 aliphatic heterocycles. The summed E-state index contributed by atoms with van der Waals surface area (Å²) in [5.74, 6) is 0. The number of allylic oxidation sites excluding steroid dienone is 2. The molecule has 6 heteroatoms. The standard InChI is InChI=1S/C14H21BrN2O3/c1-13(2,3)20-12(18)17-9-6-11(17)10-19-14(15)7-4-5-8-16-14/h4-5,7-8,11,16H,6,9-10H2,1-3H3/t11-,14?/m1/s1. The monoisotopic (exact) mass is 344 g/mol. The number of carbonyl (C=O) groups is 1. The number of halogens is 1. The molecule has 0 aromatic rings. The van der Waals surface area contributed by atoms with E-state index in [1.54, 1.807) is 11.1 Å². The summed E-state index contributed by atoms with van der Waals surface area (Å²) in [6, 6.07) is 0.0698. The van der Waals surface area contributed by atoms with Gasteiger partial charge in [-0.05, 0) is 61.5 Å². The van der Waals surface area contributed by atoms with Crippen molar-refractivity contribution in [3.05, 3.63) is 24.4 Å². The Labute approximate surface area is 128 Å². The number of rotatable bonds is 3. The van der Waals surface area contributed by atoms with Crippen molar-refractivity contribution in [2.45, 2.75) is 43.5 Å². The highest BCUT2D eigenvalue weighted by Gasteiger charge is 2.37. The highest BCUT2D eigenvalue weighted by Crippen LogP contribution is 2.26. The number of dihydropyridines is 1. The molecule has 112 valence electrons. The maximum absolute atomic E-state index is 12.0. The fraction of sp³-hybridized carbons (Fsp3) is 0.643. The predicted octanol–water partition coefficient (Wildman–Crippen LogP) is 2.73. The van der Waals surface area contributed by atoms with E-state index < -0.39 is 10.2 Å². The second-order valence-corrected chi connectivity index (χ2v) is 7.11. The first-order valence-electron chi connectivity index (χ1n) is 6.74. The minimum Gasteiger partial charge on any atom is -0.444 e. The highest BCUT2D eigenvalue weighted by molar-refractivity contribution is 9.10. The Morgan fingerprint density at radius 1 is 1.50 bits per heavy atom. The van der Waals surface area contributed by atoms with E-state index in [0.29, 0.717) is 6.61 Å². The fourth-order valence-corrected chi connectivity index (χ4v) is 2.34. The fourth-order valence-electron chi connectivity index (χ4n) is 1.93. The molecule has 5 nitrogen and oxygen atoms in total. The summed E-state index contributed by atoms with van der Waals surface area (Å²) in [6.45, 7) is 6.78. The molecule has 2 heterocycles. The Morgan fingerprint density at radius 2 is 2.25 bits per heavy atom. The maximum Gasteiger partial charge on any atom is 0.410 e. The van der Waals surface area contributed by atoms with Crippen molar-refractivity contribution in [1.82, 2.24) is 10.2 Å². The quantitative estimate of drug-likeness (QED) is 0.631. The Kier molecular flexibility index (Phi) is 4.44. The second-order valence-electron chi connectivity index (χ2n) is 5.93. The number of ether oxygens (including phenoxy) is 2. The van der Waals surface area contributed by atoms with Crippen LogP contribution in [0.1, 0.15) is 27.2 Å².